The standard InChI is InChI=1S/C18H24N2O3S/c1-5-22-16-8-6-7-15(9-16)12(2)19-18(21)11-24-10-17-13(3)20-23-14(17)4/h6-9,12H,5,10-11H2,1-4H3,(H,19,21)/t12-/m0/s1. The SMILES string of the molecule is CCOc1cccc([C@H](C)NC(=O)CSCc2c(C)noc2C)c1. The molecule has 0 aliphatic heterocycles. The van der Waals surface area contributed by atoms with Crippen LogP contribution in [-0.2, 0) is 10.5 Å². The van der Waals surface area contributed by atoms with Gasteiger partial charge < -0.3 is 14.6 Å². The molecule has 1 aromatic carbocycles. The second-order valence-corrected chi connectivity index (χ2v) is 6.58. The Balaban J connectivity index is 1.82. The minimum atomic E-state index is -0.0578. The molecule has 1 aromatic heterocycles. The lowest BCUT2D eigenvalue weighted by Gasteiger charge is -2.15. The van der Waals surface area contributed by atoms with E-state index in [2.05, 4.69) is 10.5 Å². The maximum Gasteiger partial charge on any atom is 0.230 e. The number of aryl methyl sites for hydroxylation is 2. The molecule has 2 rings (SSSR count). The van der Waals surface area contributed by atoms with Crippen molar-refractivity contribution >= 4 is 17.7 Å². The average Bonchev–Trinajstić information content (AvgIpc) is 2.87. The van der Waals surface area contributed by atoms with Crippen molar-refractivity contribution in [2.75, 3.05) is 12.4 Å². The second-order valence-electron chi connectivity index (χ2n) is 5.59. The van der Waals surface area contributed by atoms with E-state index >= 15 is 0 Å². The van der Waals surface area contributed by atoms with Crippen LogP contribution in [0.3, 0.4) is 0 Å². The van der Waals surface area contributed by atoms with Gasteiger partial charge in [-0.3, -0.25) is 4.79 Å². The summed E-state index contributed by atoms with van der Waals surface area (Å²) < 4.78 is 10.6. The summed E-state index contributed by atoms with van der Waals surface area (Å²) in [5.41, 5.74) is 3.00. The van der Waals surface area contributed by atoms with Crippen molar-refractivity contribution < 1.29 is 14.1 Å². The van der Waals surface area contributed by atoms with E-state index in [1.807, 2.05) is 52.0 Å². The van der Waals surface area contributed by atoms with Gasteiger partial charge in [0.1, 0.15) is 11.5 Å². The maximum absolute atomic E-state index is 12.1. The molecule has 6 heteroatoms. The van der Waals surface area contributed by atoms with Crippen LogP contribution in [0, 0.1) is 13.8 Å². The highest BCUT2D eigenvalue weighted by Crippen LogP contribution is 2.21. The van der Waals surface area contributed by atoms with E-state index in [1.54, 1.807) is 11.8 Å². The zero-order valence-electron chi connectivity index (χ0n) is 14.6. The van der Waals surface area contributed by atoms with Crippen LogP contribution >= 0.6 is 11.8 Å². The van der Waals surface area contributed by atoms with Crippen LogP contribution in [0.2, 0.25) is 0 Å². The minimum Gasteiger partial charge on any atom is -0.494 e. The molecule has 24 heavy (non-hydrogen) atoms. The number of ether oxygens (including phenoxy) is 1. The van der Waals surface area contributed by atoms with Gasteiger partial charge in [-0.15, -0.1) is 11.8 Å². The van der Waals surface area contributed by atoms with E-state index in [9.17, 15) is 4.79 Å². The molecule has 5 nitrogen and oxygen atoms in total. The van der Waals surface area contributed by atoms with Crippen molar-refractivity contribution in [1.82, 2.24) is 10.5 Å². The quantitative estimate of drug-likeness (QED) is 0.786. The summed E-state index contributed by atoms with van der Waals surface area (Å²) in [4.78, 5) is 12.1. The highest BCUT2D eigenvalue weighted by atomic mass is 32.2. The molecule has 2 aromatic rings. The Labute approximate surface area is 147 Å². The van der Waals surface area contributed by atoms with Crippen LogP contribution in [0.25, 0.3) is 0 Å². The van der Waals surface area contributed by atoms with Gasteiger partial charge in [0.25, 0.3) is 0 Å². The first-order valence-electron chi connectivity index (χ1n) is 8.02. The minimum absolute atomic E-state index is 0.0149. The van der Waals surface area contributed by atoms with Gasteiger partial charge in [-0.05, 0) is 45.4 Å². The fourth-order valence-electron chi connectivity index (χ4n) is 2.36. The van der Waals surface area contributed by atoms with E-state index in [-0.39, 0.29) is 11.9 Å². The molecule has 1 heterocycles. The first-order valence-corrected chi connectivity index (χ1v) is 9.18. The molecule has 0 fully saturated rings. The molecule has 0 saturated heterocycles. The Morgan fingerprint density at radius 2 is 2.21 bits per heavy atom. The van der Waals surface area contributed by atoms with E-state index in [4.69, 9.17) is 9.26 Å². The van der Waals surface area contributed by atoms with Gasteiger partial charge in [-0.1, -0.05) is 17.3 Å². The lowest BCUT2D eigenvalue weighted by atomic mass is 10.1. The van der Waals surface area contributed by atoms with Gasteiger partial charge in [-0.2, -0.15) is 0 Å². The molecule has 1 atom stereocenters. The lowest BCUT2D eigenvalue weighted by Crippen LogP contribution is -2.28. The number of benzene rings is 1. The molecule has 130 valence electrons. The fraction of sp³-hybridized carbons (Fsp3) is 0.444. The lowest BCUT2D eigenvalue weighted by molar-refractivity contribution is -0.119. The topological polar surface area (TPSA) is 64.4 Å². The number of rotatable bonds is 8. The summed E-state index contributed by atoms with van der Waals surface area (Å²) in [6.45, 7) is 8.36. The number of hydrogen-bond acceptors (Lipinski definition) is 5. The van der Waals surface area contributed by atoms with Gasteiger partial charge in [0, 0.05) is 11.3 Å². The Bertz CT molecular complexity index is 665. The van der Waals surface area contributed by atoms with E-state index in [0.717, 1.165) is 34.1 Å². The van der Waals surface area contributed by atoms with Crippen LogP contribution < -0.4 is 10.1 Å². The monoisotopic (exact) mass is 348 g/mol. The largest absolute Gasteiger partial charge is 0.494 e. The van der Waals surface area contributed by atoms with Crippen LogP contribution in [0.1, 0.15) is 42.5 Å². The molecule has 1 amide bonds. The van der Waals surface area contributed by atoms with Crippen LogP contribution in [0.15, 0.2) is 28.8 Å². The zero-order chi connectivity index (χ0) is 17.5. The van der Waals surface area contributed by atoms with Gasteiger partial charge in [0.15, 0.2) is 0 Å². The fourth-order valence-corrected chi connectivity index (χ4v) is 3.35. The Morgan fingerprint density at radius 1 is 1.42 bits per heavy atom. The number of hydrogen-bond donors (Lipinski definition) is 1. The maximum atomic E-state index is 12.1. The normalized spacial score (nSPS) is 12.0. The van der Waals surface area contributed by atoms with Crippen molar-refractivity contribution in [3.05, 3.63) is 46.8 Å². The third-order valence-corrected chi connectivity index (χ3v) is 4.67. The predicted octanol–water partition coefficient (Wildman–Crippen LogP) is 3.80. The van der Waals surface area contributed by atoms with Crippen molar-refractivity contribution in [2.24, 2.45) is 0 Å². The number of nitrogens with zero attached hydrogens (tertiary/aromatic N) is 1. The van der Waals surface area contributed by atoms with E-state index in [0.29, 0.717) is 12.4 Å². The molecule has 0 unspecified atom stereocenters. The molecule has 0 aliphatic rings. The smallest absolute Gasteiger partial charge is 0.230 e. The van der Waals surface area contributed by atoms with Crippen molar-refractivity contribution in [3.63, 3.8) is 0 Å². The highest BCUT2D eigenvalue weighted by molar-refractivity contribution is 7.99. The zero-order valence-corrected chi connectivity index (χ0v) is 15.4. The molecular formula is C18H24N2O3S. The third-order valence-electron chi connectivity index (χ3n) is 3.71. The van der Waals surface area contributed by atoms with Crippen LogP contribution in [0.4, 0.5) is 0 Å². The second kappa shape index (κ2) is 8.78. The summed E-state index contributed by atoms with van der Waals surface area (Å²) in [6, 6.07) is 7.75. The molecule has 0 spiro atoms. The van der Waals surface area contributed by atoms with Gasteiger partial charge in [-0.25, -0.2) is 0 Å². The molecular weight excluding hydrogens is 324 g/mol. The van der Waals surface area contributed by atoms with Crippen molar-refractivity contribution in [3.8, 4) is 5.75 Å². The molecule has 0 bridgehead atoms. The molecule has 0 radical (unpaired) electrons. The van der Waals surface area contributed by atoms with E-state index in [1.165, 1.54) is 0 Å². The molecule has 0 saturated carbocycles. The number of nitrogens with one attached hydrogen (secondary N) is 1. The van der Waals surface area contributed by atoms with Crippen LogP contribution in [0.5, 0.6) is 5.75 Å². The number of carbonyl (C=O) groups is 1. The summed E-state index contributed by atoms with van der Waals surface area (Å²) in [6.07, 6.45) is 0. The first kappa shape index (κ1) is 18.4. The summed E-state index contributed by atoms with van der Waals surface area (Å²) in [5, 5.41) is 6.94. The third kappa shape index (κ3) is 5.03. The van der Waals surface area contributed by atoms with Crippen molar-refractivity contribution in [1.29, 1.82) is 0 Å². The molecule has 1 N–H and O–H groups in total. The number of amides is 1. The van der Waals surface area contributed by atoms with Gasteiger partial charge >= 0.3 is 0 Å². The Morgan fingerprint density at radius 3 is 2.88 bits per heavy atom. The van der Waals surface area contributed by atoms with E-state index < -0.39 is 0 Å². The summed E-state index contributed by atoms with van der Waals surface area (Å²) in [7, 11) is 0. The number of carbonyl (C=O) groups excluding carboxylic acids is 1. The van der Waals surface area contributed by atoms with Crippen LogP contribution in [-0.4, -0.2) is 23.4 Å². The Hall–Kier alpha value is -1.95. The van der Waals surface area contributed by atoms with Gasteiger partial charge in [0.05, 0.1) is 24.1 Å². The Kier molecular flexibility index (Phi) is 6.73. The summed E-state index contributed by atoms with van der Waals surface area (Å²) >= 11 is 1.56. The van der Waals surface area contributed by atoms with Crippen molar-refractivity contribution in [2.45, 2.75) is 39.5 Å². The first-order chi connectivity index (χ1) is 11.5. The predicted molar refractivity (Wildman–Crippen MR) is 96.3 cm³/mol. The van der Waals surface area contributed by atoms with Gasteiger partial charge in [0.2, 0.25) is 5.91 Å². The number of thioether (sulfide) groups is 1. The molecule has 0 aliphatic carbocycles. The highest BCUT2D eigenvalue weighted by Gasteiger charge is 2.13. The average molecular weight is 348 g/mol. The summed E-state index contributed by atoms with van der Waals surface area (Å²) in [5.74, 6) is 2.79. The number of aromatic nitrogens is 1.